The van der Waals surface area contributed by atoms with Gasteiger partial charge in [0.25, 0.3) is 0 Å². The fourth-order valence-corrected chi connectivity index (χ4v) is 6.79. The molecule has 0 aromatic heterocycles. The first-order chi connectivity index (χ1) is 15.3. The van der Waals surface area contributed by atoms with E-state index < -0.39 is 10.0 Å². The van der Waals surface area contributed by atoms with Gasteiger partial charge in [-0.25, -0.2) is 8.42 Å². The fraction of sp³-hybridized carbons (Fsp3) is 0.346. The van der Waals surface area contributed by atoms with Gasteiger partial charge in [0.2, 0.25) is 15.9 Å². The van der Waals surface area contributed by atoms with E-state index in [4.69, 9.17) is 0 Å². The van der Waals surface area contributed by atoms with Crippen LogP contribution in [0.15, 0.2) is 59.5 Å². The summed E-state index contributed by atoms with van der Waals surface area (Å²) in [5.74, 6) is -0.435. The molecule has 3 aromatic rings. The molecule has 1 heterocycles. The smallest absolute Gasteiger partial charge is 0.243 e. The van der Waals surface area contributed by atoms with Crippen molar-refractivity contribution in [3.05, 3.63) is 76.9 Å². The summed E-state index contributed by atoms with van der Waals surface area (Å²) in [6.45, 7) is 6.74. The van der Waals surface area contributed by atoms with Crippen molar-refractivity contribution in [3.63, 3.8) is 0 Å². The molecule has 1 aliphatic rings. The van der Waals surface area contributed by atoms with Crippen LogP contribution in [0.1, 0.15) is 35.1 Å². The third-order valence-corrected chi connectivity index (χ3v) is 8.46. The molecule has 0 unspecified atom stereocenters. The maximum absolute atomic E-state index is 13.4. The molecular weight excluding hydrogens is 420 g/mol. The zero-order valence-electron chi connectivity index (χ0n) is 18.9. The molecule has 0 aliphatic carbocycles. The second-order valence-electron chi connectivity index (χ2n) is 8.79. The molecule has 4 rings (SSSR count). The van der Waals surface area contributed by atoms with Crippen molar-refractivity contribution >= 4 is 26.7 Å². The van der Waals surface area contributed by atoms with Gasteiger partial charge in [-0.1, -0.05) is 60.2 Å². The molecule has 0 bridgehead atoms. The highest BCUT2D eigenvalue weighted by atomic mass is 32.2. The van der Waals surface area contributed by atoms with E-state index in [0.717, 1.165) is 33.0 Å². The van der Waals surface area contributed by atoms with Gasteiger partial charge in [0.1, 0.15) is 0 Å². The lowest BCUT2D eigenvalue weighted by Gasteiger charge is -2.32. The second-order valence-corrected chi connectivity index (χ2v) is 10.7. The van der Waals surface area contributed by atoms with E-state index >= 15 is 0 Å². The number of rotatable bonds is 5. The van der Waals surface area contributed by atoms with Crippen molar-refractivity contribution in [2.45, 2.75) is 45.1 Å². The van der Waals surface area contributed by atoms with Crippen LogP contribution in [0.4, 0.5) is 0 Å². The third kappa shape index (κ3) is 4.43. The minimum absolute atomic E-state index is 0.0878. The summed E-state index contributed by atoms with van der Waals surface area (Å²) in [4.78, 5) is 13.3. The van der Waals surface area contributed by atoms with E-state index in [1.165, 1.54) is 4.31 Å². The van der Waals surface area contributed by atoms with Crippen LogP contribution in [0, 0.1) is 26.7 Å². The van der Waals surface area contributed by atoms with Crippen LogP contribution in [0.5, 0.6) is 0 Å². The van der Waals surface area contributed by atoms with Gasteiger partial charge < -0.3 is 5.32 Å². The molecule has 1 atom stereocenters. The second kappa shape index (κ2) is 9.04. The lowest BCUT2D eigenvalue weighted by molar-refractivity contribution is -0.126. The molecule has 5 nitrogen and oxygen atoms in total. The molecular formula is C26H30N2O3S. The molecule has 1 saturated heterocycles. The average molecular weight is 451 g/mol. The van der Waals surface area contributed by atoms with Crippen molar-refractivity contribution in [1.29, 1.82) is 0 Å². The van der Waals surface area contributed by atoms with Crippen LogP contribution in [0.2, 0.25) is 0 Å². The van der Waals surface area contributed by atoms with E-state index in [2.05, 4.69) is 23.5 Å². The predicted octanol–water partition coefficient (Wildman–Crippen LogP) is 4.48. The normalized spacial score (nSPS) is 17.4. The molecule has 1 fully saturated rings. The summed E-state index contributed by atoms with van der Waals surface area (Å²) in [5, 5.41) is 5.30. The predicted molar refractivity (Wildman–Crippen MR) is 128 cm³/mol. The number of sulfonamides is 1. The molecule has 1 aliphatic heterocycles. The van der Waals surface area contributed by atoms with Crippen molar-refractivity contribution in [2.24, 2.45) is 5.92 Å². The van der Waals surface area contributed by atoms with Crippen LogP contribution in [0.3, 0.4) is 0 Å². The van der Waals surface area contributed by atoms with Crippen molar-refractivity contribution in [3.8, 4) is 0 Å². The Morgan fingerprint density at radius 2 is 1.72 bits per heavy atom. The number of amides is 1. The summed E-state index contributed by atoms with van der Waals surface area (Å²) in [7, 11) is -3.65. The first-order valence-corrected chi connectivity index (χ1v) is 12.5. The minimum Gasteiger partial charge on any atom is -0.352 e. The molecule has 0 saturated carbocycles. The van der Waals surface area contributed by atoms with Crippen LogP contribution < -0.4 is 5.32 Å². The van der Waals surface area contributed by atoms with E-state index in [1.54, 1.807) is 0 Å². The number of nitrogens with zero attached hydrogens (tertiary/aromatic N) is 1. The topological polar surface area (TPSA) is 66.5 Å². The Morgan fingerprint density at radius 3 is 2.47 bits per heavy atom. The van der Waals surface area contributed by atoms with E-state index in [9.17, 15) is 13.2 Å². The van der Waals surface area contributed by atoms with E-state index in [0.29, 0.717) is 30.8 Å². The molecule has 1 N–H and O–H groups in total. The Bertz CT molecular complexity index is 1240. The van der Waals surface area contributed by atoms with Gasteiger partial charge in [-0.05, 0) is 61.1 Å². The summed E-state index contributed by atoms with van der Waals surface area (Å²) < 4.78 is 28.3. The Morgan fingerprint density at radius 1 is 1.03 bits per heavy atom. The van der Waals surface area contributed by atoms with Gasteiger partial charge in [0.15, 0.2) is 0 Å². The molecule has 32 heavy (non-hydrogen) atoms. The number of nitrogens with one attached hydrogen (secondary N) is 1. The maximum atomic E-state index is 13.4. The lowest BCUT2D eigenvalue weighted by Crippen LogP contribution is -2.45. The highest BCUT2D eigenvalue weighted by Crippen LogP contribution is 2.29. The zero-order chi connectivity index (χ0) is 22.9. The summed E-state index contributed by atoms with van der Waals surface area (Å²) in [5.41, 5.74) is 3.61. The Balaban J connectivity index is 1.48. The van der Waals surface area contributed by atoms with Gasteiger partial charge >= 0.3 is 0 Å². The molecule has 0 radical (unpaired) electrons. The van der Waals surface area contributed by atoms with Crippen LogP contribution >= 0.6 is 0 Å². The van der Waals surface area contributed by atoms with E-state index in [-0.39, 0.29) is 18.4 Å². The number of fused-ring (bicyclic) bond motifs is 1. The van der Waals surface area contributed by atoms with Gasteiger partial charge in [-0.15, -0.1) is 0 Å². The Kier molecular flexibility index (Phi) is 6.35. The quantitative estimate of drug-likeness (QED) is 0.623. The van der Waals surface area contributed by atoms with Crippen LogP contribution in [0.25, 0.3) is 10.8 Å². The number of hydrogen-bond donors (Lipinski definition) is 1. The molecule has 0 spiro atoms. The summed E-state index contributed by atoms with van der Waals surface area (Å²) >= 11 is 0. The average Bonchev–Trinajstić information content (AvgIpc) is 2.76. The number of carbonyl (C=O) groups is 1. The van der Waals surface area contributed by atoms with Gasteiger partial charge in [-0.3, -0.25) is 4.79 Å². The van der Waals surface area contributed by atoms with Crippen molar-refractivity contribution in [2.75, 3.05) is 13.1 Å². The minimum atomic E-state index is -3.65. The van der Waals surface area contributed by atoms with Crippen LogP contribution in [-0.4, -0.2) is 31.7 Å². The number of piperidine rings is 1. The largest absolute Gasteiger partial charge is 0.352 e. The van der Waals surface area contributed by atoms with Gasteiger partial charge in [0.05, 0.1) is 10.8 Å². The molecule has 168 valence electrons. The van der Waals surface area contributed by atoms with Crippen molar-refractivity contribution in [1.82, 2.24) is 9.62 Å². The first-order valence-electron chi connectivity index (χ1n) is 11.1. The number of hydrogen-bond acceptors (Lipinski definition) is 3. The Labute approximate surface area is 190 Å². The standard InChI is InChI=1S/C26H30N2O3S/c1-18-14-19(2)25(20(3)15-18)32(30,31)28-13-7-11-23(17-28)26(29)27-16-22-10-6-9-21-8-4-5-12-24(21)22/h4-6,8-10,12,14-15,23H,7,11,13,16-17H2,1-3H3,(H,27,29)/t23-/m0/s1. The molecule has 6 heteroatoms. The van der Waals surface area contributed by atoms with Crippen LogP contribution in [-0.2, 0) is 21.4 Å². The molecule has 3 aromatic carbocycles. The zero-order valence-corrected chi connectivity index (χ0v) is 19.7. The fourth-order valence-electron chi connectivity index (χ4n) is 4.85. The summed E-state index contributed by atoms with van der Waals surface area (Å²) in [6, 6.07) is 18.0. The number of benzene rings is 3. The van der Waals surface area contributed by atoms with Gasteiger partial charge in [0, 0.05) is 19.6 Å². The van der Waals surface area contributed by atoms with Gasteiger partial charge in [-0.2, -0.15) is 4.31 Å². The summed E-state index contributed by atoms with van der Waals surface area (Å²) in [6.07, 6.45) is 1.37. The maximum Gasteiger partial charge on any atom is 0.243 e. The SMILES string of the molecule is Cc1cc(C)c(S(=O)(=O)N2CCC[C@H](C(=O)NCc3cccc4ccccc34)C2)c(C)c1. The van der Waals surface area contributed by atoms with E-state index in [1.807, 2.05) is 57.2 Å². The highest BCUT2D eigenvalue weighted by molar-refractivity contribution is 7.89. The third-order valence-electron chi connectivity index (χ3n) is 6.29. The van der Waals surface area contributed by atoms with Crippen molar-refractivity contribution < 1.29 is 13.2 Å². The Hall–Kier alpha value is -2.70. The monoisotopic (exact) mass is 450 g/mol. The number of carbonyl (C=O) groups excluding carboxylic acids is 1. The first kappa shape index (κ1) is 22.5. The lowest BCUT2D eigenvalue weighted by atomic mass is 9.98. The number of aryl methyl sites for hydroxylation is 3. The highest BCUT2D eigenvalue weighted by Gasteiger charge is 2.34. The molecule has 1 amide bonds.